The summed E-state index contributed by atoms with van der Waals surface area (Å²) in [6, 6.07) is 5.21. The molecule has 0 radical (unpaired) electrons. The second-order valence-corrected chi connectivity index (χ2v) is 6.76. The highest BCUT2D eigenvalue weighted by molar-refractivity contribution is 6.36. The summed E-state index contributed by atoms with van der Waals surface area (Å²) in [7, 11) is 1.21. The van der Waals surface area contributed by atoms with Gasteiger partial charge in [-0.25, -0.2) is 14.3 Å². The van der Waals surface area contributed by atoms with E-state index in [0.29, 0.717) is 32.0 Å². The van der Waals surface area contributed by atoms with Crippen molar-refractivity contribution in [3.8, 4) is 0 Å². The molecule has 0 aliphatic rings. The molecule has 1 aromatic carbocycles. The van der Waals surface area contributed by atoms with Crippen LogP contribution in [0.1, 0.15) is 23.7 Å². The molecule has 2 aromatic rings. The standard InChI is InChI=1S/C18H17Cl3N2O4/c1-10-12(7-8-16(24)27-11(2)18(25)26-3)17(21)23(22-10)9-13-14(19)5-4-6-15(13)20/h4-8,11H,9H2,1-3H3/b8-7+. The lowest BCUT2D eigenvalue weighted by Gasteiger charge is -2.08. The quantitative estimate of drug-likeness (QED) is 0.503. The molecule has 27 heavy (non-hydrogen) atoms. The molecule has 0 spiro atoms. The molecular formula is C18H17Cl3N2O4. The normalized spacial score (nSPS) is 12.2. The second-order valence-electron chi connectivity index (χ2n) is 5.58. The lowest BCUT2D eigenvalue weighted by atomic mass is 10.2. The van der Waals surface area contributed by atoms with Gasteiger partial charge in [-0.05, 0) is 32.1 Å². The summed E-state index contributed by atoms with van der Waals surface area (Å²) < 4.78 is 11.0. The predicted octanol–water partition coefficient (Wildman–Crippen LogP) is 4.32. The van der Waals surface area contributed by atoms with E-state index in [2.05, 4.69) is 9.84 Å². The Labute approximate surface area is 171 Å². The van der Waals surface area contributed by atoms with Crippen LogP contribution in [-0.2, 0) is 25.6 Å². The number of nitrogens with zero attached hydrogens (tertiary/aromatic N) is 2. The lowest BCUT2D eigenvalue weighted by Crippen LogP contribution is -2.24. The van der Waals surface area contributed by atoms with Crippen LogP contribution in [0.25, 0.3) is 6.08 Å². The SMILES string of the molecule is COC(=O)C(C)OC(=O)/C=C/c1c(C)nn(Cc2c(Cl)cccc2Cl)c1Cl. The van der Waals surface area contributed by atoms with E-state index in [1.807, 2.05) is 0 Å². The zero-order valence-electron chi connectivity index (χ0n) is 14.8. The fraction of sp³-hybridized carbons (Fsp3) is 0.278. The number of methoxy groups -OCH3 is 1. The maximum Gasteiger partial charge on any atom is 0.346 e. The molecule has 0 saturated carbocycles. The molecular weight excluding hydrogens is 415 g/mol. The number of ether oxygens (including phenoxy) is 2. The number of benzene rings is 1. The smallest absolute Gasteiger partial charge is 0.346 e. The molecule has 0 saturated heterocycles. The van der Waals surface area contributed by atoms with Gasteiger partial charge in [-0.2, -0.15) is 5.10 Å². The molecule has 6 nitrogen and oxygen atoms in total. The Balaban J connectivity index is 2.18. The number of esters is 2. The Kier molecular flexibility index (Phi) is 7.30. The first-order valence-corrected chi connectivity index (χ1v) is 9.00. The van der Waals surface area contributed by atoms with Crippen LogP contribution in [0, 0.1) is 6.92 Å². The summed E-state index contributed by atoms with van der Waals surface area (Å²) in [6.07, 6.45) is 1.64. The fourth-order valence-electron chi connectivity index (χ4n) is 2.27. The number of aryl methyl sites for hydroxylation is 1. The van der Waals surface area contributed by atoms with Crippen molar-refractivity contribution in [2.45, 2.75) is 26.5 Å². The number of hydrogen-bond donors (Lipinski definition) is 0. The van der Waals surface area contributed by atoms with Crippen LogP contribution in [0.3, 0.4) is 0 Å². The molecule has 0 fully saturated rings. The summed E-state index contributed by atoms with van der Waals surface area (Å²) in [5, 5.41) is 5.68. The summed E-state index contributed by atoms with van der Waals surface area (Å²) >= 11 is 18.8. The molecule has 2 rings (SSSR count). The van der Waals surface area contributed by atoms with Gasteiger partial charge in [-0.1, -0.05) is 40.9 Å². The van der Waals surface area contributed by atoms with Gasteiger partial charge in [0.1, 0.15) is 5.15 Å². The summed E-state index contributed by atoms with van der Waals surface area (Å²) in [6.45, 7) is 3.44. The molecule has 144 valence electrons. The van der Waals surface area contributed by atoms with Crippen molar-refractivity contribution >= 4 is 52.8 Å². The average molecular weight is 432 g/mol. The molecule has 0 N–H and O–H groups in total. The molecule has 1 atom stereocenters. The molecule has 0 bridgehead atoms. The summed E-state index contributed by atoms with van der Waals surface area (Å²) in [5.74, 6) is -1.35. The van der Waals surface area contributed by atoms with Crippen molar-refractivity contribution in [3.05, 3.63) is 56.3 Å². The third-order valence-electron chi connectivity index (χ3n) is 3.69. The number of aromatic nitrogens is 2. The van der Waals surface area contributed by atoms with Crippen molar-refractivity contribution in [2.75, 3.05) is 7.11 Å². The third kappa shape index (κ3) is 5.25. The van der Waals surface area contributed by atoms with Gasteiger partial charge in [0.2, 0.25) is 0 Å². The van der Waals surface area contributed by atoms with E-state index in [4.69, 9.17) is 39.5 Å². The van der Waals surface area contributed by atoms with Crippen molar-refractivity contribution in [1.29, 1.82) is 0 Å². The largest absolute Gasteiger partial charge is 0.466 e. The van der Waals surface area contributed by atoms with Gasteiger partial charge in [0, 0.05) is 27.2 Å². The molecule has 0 amide bonds. The lowest BCUT2D eigenvalue weighted by molar-refractivity contribution is -0.161. The molecule has 1 unspecified atom stereocenters. The maximum atomic E-state index is 11.8. The molecule has 0 aliphatic heterocycles. The van der Waals surface area contributed by atoms with Crippen LogP contribution in [0.15, 0.2) is 24.3 Å². The van der Waals surface area contributed by atoms with Crippen LogP contribution in [0.5, 0.6) is 0 Å². The van der Waals surface area contributed by atoms with E-state index < -0.39 is 18.0 Å². The first kappa shape index (κ1) is 21.3. The third-order valence-corrected chi connectivity index (χ3v) is 4.80. The number of carbonyl (C=O) groups is 2. The van der Waals surface area contributed by atoms with Crippen molar-refractivity contribution < 1.29 is 19.1 Å². The topological polar surface area (TPSA) is 70.4 Å². The van der Waals surface area contributed by atoms with Gasteiger partial charge in [-0.15, -0.1) is 0 Å². The fourth-order valence-corrected chi connectivity index (χ4v) is 3.09. The van der Waals surface area contributed by atoms with E-state index in [-0.39, 0.29) is 6.54 Å². The highest BCUT2D eigenvalue weighted by atomic mass is 35.5. The van der Waals surface area contributed by atoms with E-state index >= 15 is 0 Å². The van der Waals surface area contributed by atoms with E-state index in [0.717, 1.165) is 0 Å². The van der Waals surface area contributed by atoms with Gasteiger partial charge in [-0.3, -0.25) is 0 Å². The Morgan fingerprint density at radius 2 is 1.89 bits per heavy atom. The van der Waals surface area contributed by atoms with Gasteiger partial charge in [0.05, 0.1) is 19.3 Å². The molecule has 0 aliphatic carbocycles. The first-order valence-electron chi connectivity index (χ1n) is 7.87. The van der Waals surface area contributed by atoms with Gasteiger partial charge in [0.15, 0.2) is 6.10 Å². The highest BCUT2D eigenvalue weighted by Gasteiger charge is 2.18. The number of hydrogen-bond acceptors (Lipinski definition) is 5. The minimum atomic E-state index is -1.01. The monoisotopic (exact) mass is 430 g/mol. The minimum Gasteiger partial charge on any atom is -0.466 e. The number of rotatable bonds is 6. The second kappa shape index (κ2) is 9.26. The Morgan fingerprint density at radius 3 is 2.48 bits per heavy atom. The van der Waals surface area contributed by atoms with Crippen LogP contribution >= 0.6 is 34.8 Å². The van der Waals surface area contributed by atoms with E-state index in [1.165, 1.54) is 30.9 Å². The predicted molar refractivity (Wildman–Crippen MR) is 104 cm³/mol. The Bertz CT molecular complexity index is 873. The van der Waals surface area contributed by atoms with Crippen LogP contribution < -0.4 is 0 Å². The van der Waals surface area contributed by atoms with Gasteiger partial charge >= 0.3 is 11.9 Å². The molecule has 1 heterocycles. The van der Waals surface area contributed by atoms with E-state index in [1.54, 1.807) is 25.1 Å². The Hall–Kier alpha value is -2.02. The van der Waals surface area contributed by atoms with Crippen molar-refractivity contribution in [3.63, 3.8) is 0 Å². The zero-order chi connectivity index (χ0) is 20.1. The van der Waals surface area contributed by atoms with Crippen molar-refractivity contribution in [2.24, 2.45) is 0 Å². The zero-order valence-corrected chi connectivity index (χ0v) is 17.1. The summed E-state index contributed by atoms with van der Waals surface area (Å²) in [5.41, 5.74) is 1.84. The molecule has 9 heteroatoms. The first-order chi connectivity index (χ1) is 12.7. The minimum absolute atomic E-state index is 0.274. The van der Waals surface area contributed by atoms with Crippen LogP contribution in [0.2, 0.25) is 15.2 Å². The van der Waals surface area contributed by atoms with Crippen LogP contribution in [0.4, 0.5) is 0 Å². The van der Waals surface area contributed by atoms with E-state index in [9.17, 15) is 9.59 Å². The van der Waals surface area contributed by atoms with Crippen LogP contribution in [-0.4, -0.2) is 34.9 Å². The van der Waals surface area contributed by atoms with Gasteiger partial charge < -0.3 is 9.47 Å². The average Bonchev–Trinajstić information content (AvgIpc) is 2.89. The number of carbonyl (C=O) groups excluding carboxylic acids is 2. The number of halogens is 3. The summed E-state index contributed by atoms with van der Waals surface area (Å²) in [4.78, 5) is 23.1. The highest BCUT2D eigenvalue weighted by Crippen LogP contribution is 2.28. The Morgan fingerprint density at radius 1 is 1.26 bits per heavy atom. The molecule has 1 aromatic heterocycles. The van der Waals surface area contributed by atoms with Crippen molar-refractivity contribution in [1.82, 2.24) is 9.78 Å². The maximum absolute atomic E-state index is 11.8. The van der Waals surface area contributed by atoms with Gasteiger partial charge in [0.25, 0.3) is 0 Å².